The molecule has 0 aliphatic carbocycles. The van der Waals surface area contributed by atoms with Gasteiger partial charge in [-0.2, -0.15) is 0 Å². The SMILES string of the molecule is Cc1sc(CCl)nc1C(C)C. The third-order valence-electron chi connectivity index (χ3n) is 1.54. The van der Waals surface area contributed by atoms with Crippen molar-refractivity contribution >= 4 is 22.9 Å². The molecule has 3 heteroatoms. The maximum Gasteiger partial charge on any atom is 0.108 e. The van der Waals surface area contributed by atoms with Gasteiger partial charge in [-0.05, 0) is 12.8 Å². The van der Waals surface area contributed by atoms with Crippen LogP contribution in [0, 0.1) is 6.92 Å². The molecule has 1 heterocycles. The lowest BCUT2D eigenvalue weighted by molar-refractivity contribution is 0.820. The summed E-state index contributed by atoms with van der Waals surface area (Å²) in [4.78, 5) is 5.72. The van der Waals surface area contributed by atoms with Gasteiger partial charge in [-0.3, -0.25) is 0 Å². The van der Waals surface area contributed by atoms with Crippen LogP contribution in [0.15, 0.2) is 0 Å². The van der Waals surface area contributed by atoms with Crippen LogP contribution in [0.4, 0.5) is 0 Å². The quantitative estimate of drug-likeness (QED) is 0.651. The topological polar surface area (TPSA) is 12.9 Å². The van der Waals surface area contributed by atoms with Crippen LogP contribution in [0.5, 0.6) is 0 Å². The lowest BCUT2D eigenvalue weighted by Crippen LogP contribution is -1.89. The summed E-state index contributed by atoms with van der Waals surface area (Å²) in [5, 5.41) is 1.04. The molecule has 0 fully saturated rings. The standard InChI is InChI=1S/C8H12ClNS/c1-5(2)8-6(3)11-7(4-9)10-8/h5H,4H2,1-3H3. The van der Waals surface area contributed by atoms with E-state index in [2.05, 4.69) is 25.8 Å². The van der Waals surface area contributed by atoms with Crippen LogP contribution in [-0.4, -0.2) is 4.98 Å². The lowest BCUT2D eigenvalue weighted by atomic mass is 10.1. The summed E-state index contributed by atoms with van der Waals surface area (Å²) in [5.74, 6) is 1.06. The molecule has 1 aromatic rings. The number of alkyl halides is 1. The van der Waals surface area contributed by atoms with Crippen molar-refractivity contribution in [2.45, 2.75) is 32.6 Å². The summed E-state index contributed by atoms with van der Waals surface area (Å²) in [6, 6.07) is 0. The molecule has 0 N–H and O–H groups in total. The van der Waals surface area contributed by atoms with E-state index < -0.39 is 0 Å². The fraction of sp³-hybridized carbons (Fsp3) is 0.625. The number of aryl methyl sites for hydroxylation is 1. The first-order chi connectivity index (χ1) is 5.15. The van der Waals surface area contributed by atoms with E-state index in [-0.39, 0.29) is 0 Å². The van der Waals surface area contributed by atoms with Crippen LogP contribution >= 0.6 is 22.9 Å². The minimum absolute atomic E-state index is 0.517. The second kappa shape index (κ2) is 3.55. The van der Waals surface area contributed by atoms with Crippen molar-refractivity contribution in [1.29, 1.82) is 0 Å². The lowest BCUT2D eigenvalue weighted by Gasteiger charge is -1.99. The molecule has 0 bridgehead atoms. The Hall–Kier alpha value is -0.0800. The maximum atomic E-state index is 5.66. The highest BCUT2D eigenvalue weighted by molar-refractivity contribution is 7.11. The van der Waals surface area contributed by atoms with Crippen LogP contribution < -0.4 is 0 Å². The van der Waals surface area contributed by atoms with Crippen molar-refractivity contribution in [1.82, 2.24) is 4.98 Å². The van der Waals surface area contributed by atoms with E-state index in [1.54, 1.807) is 11.3 Å². The fourth-order valence-electron chi connectivity index (χ4n) is 1.06. The molecule has 0 unspecified atom stereocenters. The van der Waals surface area contributed by atoms with E-state index in [1.807, 2.05) is 0 Å². The molecule has 0 atom stereocenters. The first-order valence-corrected chi connectivity index (χ1v) is 5.02. The summed E-state index contributed by atoms with van der Waals surface area (Å²) in [6.45, 7) is 6.41. The van der Waals surface area contributed by atoms with E-state index in [0.29, 0.717) is 11.8 Å². The van der Waals surface area contributed by atoms with Crippen LogP contribution in [0.25, 0.3) is 0 Å². The Balaban J connectivity index is 2.97. The van der Waals surface area contributed by atoms with E-state index in [4.69, 9.17) is 11.6 Å². The minimum atomic E-state index is 0.517. The van der Waals surface area contributed by atoms with Crippen molar-refractivity contribution < 1.29 is 0 Å². The Morgan fingerprint density at radius 2 is 2.18 bits per heavy atom. The zero-order chi connectivity index (χ0) is 8.43. The molecule has 0 aromatic carbocycles. The predicted octanol–water partition coefficient (Wildman–Crippen LogP) is 3.31. The van der Waals surface area contributed by atoms with Gasteiger partial charge in [0.25, 0.3) is 0 Å². The number of hydrogen-bond donors (Lipinski definition) is 0. The second-order valence-electron chi connectivity index (χ2n) is 2.84. The van der Waals surface area contributed by atoms with Gasteiger partial charge in [0.05, 0.1) is 11.6 Å². The maximum absolute atomic E-state index is 5.66. The van der Waals surface area contributed by atoms with Crippen LogP contribution in [0.1, 0.15) is 35.3 Å². The van der Waals surface area contributed by atoms with Gasteiger partial charge in [0.1, 0.15) is 5.01 Å². The molecule has 0 saturated carbocycles. The van der Waals surface area contributed by atoms with Gasteiger partial charge in [-0.1, -0.05) is 13.8 Å². The van der Waals surface area contributed by atoms with E-state index in [1.165, 1.54) is 10.6 Å². The molecule has 1 aromatic heterocycles. The smallest absolute Gasteiger partial charge is 0.108 e. The highest BCUT2D eigenvalue weighted by Crippen LogP contribution is 2.24. The second-order valence-corrected chi connectivity index (χ2v) is 4.39. The Morgan fingerprint density at radius 3 is 2.45 bits per heavy atom. The van der Waals surface area contributed by atoms with Gasteiger partial charge in [0.15, 0.2) is 0 Å². The highest BCUT2D eigenvalue weighted by atomic mass is 35.5. The molecule has 1 rings (SSSR count). The van der Waals surface area contributed by atoms with Crippen LogP contribution in [0.2, 0.25) is 0 Å². The number of thiazole rings is 1. The summed E-state index contributed by atoms with van der Waals surface area (Å²) < 4.78 is 0. The largest absolute Gasteiger partial charge is 0.244 e. The van der Waals surface area contributed by atoms with Crippen molar-refractivity contribution in [3.8, 4) is 0 Å². The predicted molar refractivity (Wildman–Crippen MR) is 50.5 cm³/mol. The Bertz CT molecular complexity index is 242. The molecular formula is C8H12ClNS. The van der Waals surface area contributed by atoms with E-state index in [0.717, 1.165) is 5.01 Å². The Kier molecular flexibility index (Phi) is 2.90. The molecular weight excluding hydrogens is 178 g/mol. The molecule has 1 nitrogen and oxygen atoms in total. The zero-order valence-electron chi connectivity index (χ0n) is 7.02. The van der Waals surface area contributed by atoms with Crippen molar-refractivity contribution in [3.05, 3.63) is 15.6 Å². The van der Waals surface area contributed by atoms with E-state index >= 15 is 0 Å². The van der Waals surface area contributed by atoms with Crippen molar-refractivity contribution in [2.24, 2.45) is 0 Å². The van der Waals surface area contributed by atoms with Gasteiger partial charge in [-0.15, -0.1) is 22.9 Å². The number of halogens is 1. The average molecular weight is 190 g/mol. The molecule has 0 aliphatic heterocycles. The zero-order valence-corrected chi connectivity index (χ0v) is 8.59. The third kappa shape index (κ3) is 1.94. The molecule has 62 valence electrons. The van der Waals surface area contributed by atoms with Gasteiger partial charge < -0.3 is 0 Å². The van der Waals surface area contributed by atoms with E-state index in [9.17, 15) is 0 Å². The first kappa shape index (κ1) is 9.01. The number of rotatable bonds is 2. The molecule has 0 amide bonds. The average Bonchev–Trinajstić information content (AvgIpc) is 2.30. The van der Waals surface area contributed by atoms with Crippen molar-refractivity contribution in [3.63, 3.8) is 0 Å². The summed E-state index contributed by atoms with van der Waals surface area (Å²) in [5.41, 5.74) is 1.20. The van der Waals surface area contributed by atoms with Crippen LogP contribution in [-0.2, 0) is 5.88 Å². The summed E-state index contributed by atoms with van der Waals surface area (Å²) in [6.07, 6.45) is 0. The molecule has 0 radical (unpaired) electrons. The highest BCUT2D eigenvalue weighted by Gasteiger charge is 2.09. The number of nitrogens with zero attached hydrogens (tertiary/aromatic N) is 1. The molecule has 0 saturated heterocycles. The third-order valence-corrected chi connectivity index (χ3v) is 2.94. The van der Waals surface area contributed by atoms with Gasteiger partial charge in [0, 0.05) is 4.88 Å². The van der Waals surface area contributed by atoms with Crippen molar-refractivity contribution in [2.75, 3.05) is 0 Å². The fourth-order valence-corrected chi connectivity index (χ4v) is 2.22. The van der Waals surface area contributed by atoms with Gasteiger partial charge >= 0.3 is 0 Å². The monoisotopic (exact) mass is 189 g/mol. The summed E-state index contributed by atoms with van der Waals surface area (Å²) in [7, 11) is 0. The number of aromatic nitrogens is 1. The normalized spacial score (nSPS) is 11.0. The first-order valence-electron chi connectivity index (χ1n) is 3.67. The molecule has 11 heavy (non-hydrogen) atoms. The van der Waals surface area contributed by atoms with Gasteiger partial charge in [0.2, 0.25) is 0 Å². The van der Waals surface area contributed by atoms with Gasteiger partial charge in [-0.25, -0.2) is 4.98 Å². The molecule has 0 spiro atoms. The number of hydrogen-bond acceptors (Lipinski definition) is 2. The minimum Gasteiger partial charge on any atom is -0.244 e. The molecule has 0 aliphatic rings. The van der Waals surface area contributed by atoms with Crippen LogP contribution in [0.3, 0.4) is 0 Å². The Labute approximate surface area is 76.4 Å². The summed E-state index contributed by atoms with van der Waals surface area (Å²) >= 11 is 7.36. The Morgan fingerprint density at radius 1 is 1.55 bits per heavy atom.